The van der Waals surface area contributed by atoms with Gasteiger partial charge in [-0.2, -0.15) is 0 Å². The highest BCUT2D eigenvalue weighted by molar-refractivity contribution is 7.13. The molecule has 4 nitrogen and oxygen atoms in total. The minimum atomic E-state index is -0.292. The maximum atomic E-state index is 13.0. The Morgan fingerprint density at radius 3 is 2.70 bits per heavy atom. The van der Waals surface area contributed by atoms with Crippen LogP contribution in [0.1, 0.15) is 31.1 Å². The number of hydrogen-bond acceptors (Lipinski definition) is 4. The highest BCUT2D eigenvalue weighted by Gasteiger charge is 2.14. The zero-order valence-electron chi connectivity index (χ0n) is 15.2. The maximum absolute atomic E-state index is 13.0. The van der Waals surface area contributed by atoms with Gasteiger partial charge in [-0.3, -0.25) is 4.79 Å². The minimum Gasteiger partial charge on any atom is -0.493 e. The molecule has 0 spiro atoms. The second-order valence-electron chi connectivity index (χ2n) is 6.09. The minimum absolute atomic E-state index is 0.123. The van der Waals surface area contributed by atoms with E-state index in [2.05, 4.69) is 10.3 Å². The van der Waals surface area contributed by atoms with Crippen molar-refractivity contribution in [2.75, 3.05) is 6.61 Å². The van der Waals surface area contributed by atoms with Crippen LogP contribution in [0.3, 0.4) is 0 Å². The lowest BCUT2D eigenvalue weighted by Gasteiger charge is -2.13. The Balaban J connectivity index is 1.65. The monoisotopic (exact) mass is 384 g/mol. The summed E-state index contributed by atoms with van der Waals surface area (Å²) in [6.45, 7) is 4.39. The van der Waals surface area contributed by atoms with Gasteiger partial charge in [0.15, 0.2) is 0 Å². The summed E-state index contributed by atoms with van der Waals surface area (Å²) in [4.78, 5) is 16.9. The van der Waals surface area contributed by atoms with E-state index in [4.69, 9.17) is 4.74 Å². The lowest BCUT2D eigenvalue weighted by Crippen LogP contribution is -2.28. The predicted octanol–water partition coefficient (Wildman–Crippen LogP) is 4.77. The van der Waals surface area contributed by atoms with Crippen LogP contribution in [0.4, 0.5) is 4.39 Å². The van der Waals surface area contributed by atoms with E-state index < -0.39 is 0 Å². The zero-order chi connectivity index (χ0) is 19.2. The molecule has 3 rings (SSSR count). The fraction of sp³-hybridized carbons (Fsp3) is 0.238. The number of ether oxygens (including phenoxy) is 1. The first-order valence-electron chi connectivity index (χ1n) is 8.78. The Bertz CT molecular complexity index is 909. The molecule has 0 aliphatic rings. The Kier molecular flexibility index (Phi) is 6.19. The first-order valence-corrected chi connectivity index (χ1v) is 9.66. The molecule has 0 bridgehead atoms. The number of nitrogens with zero attached hydrogens (tertiary/aromatic N) is 1. The third kappa shape index (κ3) is 4.92. The largest absolute Gasteiger partial charge is 0.493 e. The van der Waals surface area contributed by atoms with Gasteiger partial charge in [-0.15, -0.1) is 11.3 Å². The number of nitrogens with one attached hydrogen (secondary N) is 1. The third-order valence-electron chi connectivity index (χ3n) is 4.06. The average Bonchev–Trinajstić information content (AvgIpc) is 3.11. The van der Waals surface area contributed by atoms with Gasteiger partial charge in [-0.05, 0) is 43.7 Å². The number of carbonyl (C=O) groups is 1. The van der Waals surface area contributed by atoms with Gasteiger partial charge in [0.2, 0.25) is 5.91 Å². The molecule has 0 aliphatic carbocycles. The number of rotatable bonds is 7. The molecular weight excluding hydrogens is 363 g/mol. The second kappa shape index (κ2) is 8.77. The molecule has 6 heteroatoms. The van der Waals surface area contributed by atoms with Crippen LogP contribution in [-0.2, 0) is 11.2 Å². The summed E-state index contributed by atoms with van der Waals surface area (Å²) in [6, 6.07) is 13.7. The van der Waals surface area contributed by atoms with Crippen LogP contribution in [-0.4, -0.2) is 17.5 Å². The standard InChI is InChI=1S/C21H21FN2O2S/c1-3-26-19-7-5-4-6-18(19)21-24-17(13-27-21)12-20(25)23-14(2)15-8-10-16(22)11-9-15/h4-11,13-14H,3,12H2,1-2H3,(H,23,25). The molecule has 0 saturated carbocycles. The first-order chi connectivity index (χ1) is 13.1. The summed E-state index contributed by atoms with van der Waals surface area (Å²) in [6.07, 6.45) is 0.193. The topological polar surface area (TPSA) is 51.2 Å². The Labute approximate surface area is 162 Å². The third-order valence-corrected chi connectivity index (χ3v) is 4.98. The molecule has 1 aromatic heterocycles. The number of carbonyl (C=O) groups excluding carboxylic acids is 1. The van der Waals surface area contributed by atoms with Gasteiger partial charge in [0.1, 0.15) is 16.6 Å². The summed E-state index contributed by atoms with van der Waals surface area (Å²) in [7, 11) is 0. The fourth-order valence-electron chi connectivity index (χ4n) is 2.73. The molecule has 2 aromatic carbocycles. The van der Waals surface area contributed by atoms with E-state index >= 15 is 0 Å². The first kappa shape index (κ1) is 19.0. The zero-order valence-corrected chi connectivity index (χ0v) is 16.1. The van der Waals surface area contributed by atoms with Gasteiger partial charge in [-0.1, -0.05) is 24.3 Å². The smallest absolute Gasteiger partial charge is 0.226 e. The highest BCUT2D eigenvalue weighted by atomic mass is 32.1. The number of aromatic nitrogens is 1. The Morgan fingerprint density at radius 1 is 1.22 bits per heavy atom. The van der Waals surface area contributed by atoms with E-state index in [9.17, 15) is 9.18 Å². The maximum Gasteiger partial charge on any atom is 0.226 e. The number of thiazole rings is 1. The van der Waals surface area contributed by atoms with Crippen LogP contribution in [0.2, 0.25) is 0 Å². The molecule has 1 heterocycles. The molecule has 140 valence electrons. The van der Waals surface area contributed by atoms with E-state index in [0.29, 0.717) is 12.3 Å². The molecule has 1 atom stereocenters. The van der Waals surface area contributed by atoms with Crippen LogP contribution in [0.15, 0.2) is 53.9 Å². The molecule has 0 fully saturated rings. The summed E-state index contributed by atoms with van der Waals surface area (Å²) >= 11 is 1.49. The lowest BCUT2D eigenvalue weighted by molar-refractivity contribution is -0.121. The molecular formula is C21H21FN2O2S. The van der Waals surface area contributed by atoms with Crippen LogP contribution >= 0.6 is 11.3 Å². The molecule has 1 amide bonds. The Hall–Kier alpha value is -2.73. The fourth-order valence-corrected chi connectivity index (χ4v) is 3.58. The van der Waals surface area contributed by atoms with Crippen LogP contribution in [0.25, 0.3) is 10.6 Å². The van der Waals surface area contributed by atoms with Gasteiger partial charge >= 0.3 is 0 Å². The second-order valence-corrected chi connectivity index (χ2v) is 6.95. The van der Waals surface area contributed by atoms with Crippen molar-refractivity contribution in [2.45, 2.75) is 26.3 Å². The SMILES string of the molecule is CCOc1ccccc1-c1nc(CC(=O)NC(C)c2ccc(F)cc2)cs1. The van der Waals surface area contributed by atoms with Crippen LogP contribution in [0, 0.1) is 5.82 Å². The number of benzene rings is 2. The summed E-state index contributed by atoms with van der Waals surface area (Å²) in [5, 5.41) is 5.64. The predicted molar refractivity (Wildman–Crippen MR) is 105 cm³/mol. The van der Waals surface area contributed by atoms with Crippen molar-refractivity contribution in [1.82, 2.24) is 10.3 Å². The van der Waals surface area contributed by atoms with Gasteiger partial charge in [0, 0.05) is 5.38 Å². The molecule has 1 unspecified atom stereocenters. The number of hydrogen-bond donors (Lipinski definition) is 1. The molecule has 1 N–H and O–H groups in total. The number of amides is 1. The van der Waals surface area contributed by atoms with Crippen molar-refractivity contribution in [1.29, 1.82) is 0 Å². The van der Waals surface area contributed by atoms with E-state index in [0.717, 1.165) is 21.9 Å². The van der Waals surface area contributed by atoms with Crippen LogP contribution < -0.4 is 10.1 Å². The molecule has 0 aliphatic heterocycles. The van der Waals surface area contributed by atoms with Crippen molar-refractivity contribution >= 4 is 17.2 Å². The number of halogens is 1. The van der Waals surface area contributed by atoms with Gasteiger partial charge in [-0.25, -0.2) is 9.37 Å². The van der Waals surface area contributed by atoms with Gasteiger partial charge < -0.3 is 10.1 Å². The van der Waals surface area contributed by atoms with Crippen LogP contribution in [0.5, 0.6) is 5.75 Å². The lowest BCUT2D eigenvalue weighted by atomic mass is 10.1. The highest BCUT2D eigenvalue weighted by Crippen LogP contribution is 2.32. The van der Waals surface area contributed by atoms with Crippen molar-refractivity contribution in [3.63, 3.8) is 0 Å². The summed E-state index contributed by atoms with van der Waals surface area (Å²) < 4.78 is 18.7. The van der Waals surface area contributed by atoms with Gasteiger partial charge in [0.05, 0.1) is 30.3 Å². The molecule has 0 saturated heterocycles. The quantitative estimate of drug-likeness (QED) is 0.638. The van der Waals surface area contributed by atoms with Crippen molar-refractivity contribution < 1.29 is 13.9 Å². The van der Waals surface area contributed by atoms with Crippen molar-refractivity contribution in [3.8, 4) is 16.3 Å². The van der Waals surface area contributed by atoms with Crippen molar-refractivity contribution in [2.24, 2.45) is 0 Å². The Morgan fingerprint density at radius 2 is 1.96 bits per heavy atom. The normalized spacial score (nSPS) is 11.8. The molecule has 27 heavy (non-hydrogen) atoms. The average molecular weight is 384 g/mol. The molecule has 0 radical (unpaired) electrons. The summed E-state index contributed by atoms with van der Waals surface area (Å²) in [5.41, 5.74) is 2.50. The summed E-state index contributed by atoms with van der Waals surface area (Å²) in [5.74, 6) is 0.372. The van der Waals surface area contributed by atoms with E-state index in [1.165, 1.54) is 23.5 Å². The molecule has 3 aromatic rings. The number of para-hydroxylation sites is 1. The van der Waals surface area contributed by atoms with Crippen molar-refractivity contribution in [3.05, 3.63) is 71.0 Å². The van der Waals surface area contributed by atoms with E-state index in [1.54, 1.807) is 12.1 Å². The van der Waals surface area contributed by atoms with E-state index in [-0.39, 0.29) is 24.2 Å². The van der Waals surface area contributed by atoms with Gasteiger partial charge in [0.25, 0.3) is 0 Å². The van der Waals surface area contributed by atoms with E-state index in [1.807, 2.05) is 43.5 Å².